The number of furan rings is 1. The lowest BCUT2D eigenvalue weighted by Crippen LogP contribution is -2.31. The Hall–Kier alpha value is -2.56. The number of nitrogens with zero attached hydrogens (tertiary/aromatic N) is 1. The summed E-state index contributed by atoms with van der Waals surface area (Å²) in [6.07, 6.45) is 6.52. The lowest BCUT2D eigenvalue weighted by molar-refractivity contribution is -0.118. The first-order valence-corrected chi connectivity index (χ1v) is 7.81. The number of aromatic nitrogens is 1. The van der Waals surface area contributed by atoms with Gasteiger partial charge in [-0.05, 0) is 30.0 Å². The fourth-order valence-corrected chi connectivity index (χ4v) is 3.46. The Balaban J connectivity index is 1.88. The van der Waals surface area contributed by atoms with Crippen LogP contribution in [0.4, 0.5) is 11.4 Å². The molecule has 0 amide bonds. The molecule has 1 aliphatic heterocycles. The molecule has 23 heavy (non-hydrogen) atoms. The molecular formula is C18H19N3O2. The maximum atomic E-state index is 12.9. The summed E-state index contributed by atoms with van der Waals surface area (Å²) in [6.45, 7) is 4.25. The number of pyridine rings is 1. The van der Waals surface area contributed by atoms with Crippen molar-refractivity contribution in [2.24, 2.45) is 5.41 Å². The topological polar surface area (TPSA) is 67.2 Å². The zero-order chi connectivity index (χ0) is 16.0. The van der Waals surface area contributed by atoms with E-state index in [4.69, 9.17) is 4.42 Å². The molecule has 0 spiro atoms. The number of Topliss-reactive ketones (excluding diaryl/α,β-unsaturated/α-hetero) is 1. The SMILES string of the molecule is CC1(C)CC(=O)C2=C(C1)Nc1cnccc1NC2c1ccco1. The molecule has 0 bridgehead atoms. The molecule has 2 aromatic heterocycles. The van der Waals surface area contributed by atoms with Crippen molar-refractivity contribution in [2.45, 2.75) is 32.7 Å². The Bertz CT molecular complexity index is 790. The third kappa shape index (κ3) is 2.42. The molecule has 118 valence electrons. The third-order valence-electron chi connectivity index (χ3n) is 4.44. The molecule has 2 N–H and O–H groups in total. The Morgan fingerprint density at radius 2 is 2.13 bits per heavy atom. The second kappa shape index (κ2) is 4.98. The Labute approximate surface area is 134 Å². The summed E-state index contributed by atoms with van der Waals surface area (Å²) in [5.74, 6) is 0.912. The number of ketones is 1. The number of nitrogens with one attached hydrogen (secondary N) is 2. The van der Waals surface area contributed by atoms with Gasteiger partial charge in [0.2, 0.25) is 0 Å². The minimum atomic E-state index is -0.278. The van der Waals surface area contributed by atoms with E-state index in [1.54, 1.807) is 18.7 Å². The summed E-state index contributed by atoms with van der Waals surface area (Å²) < 4.78 is 5.60. The van der Waals surface area contributed by atoms with Crippen LogP contribution in [0.1, 0.15) is 38.5 Å². The first-order valence-electron chi connectivity index (χ1n) is 7.81. The number of hydrogen-bond acceptors (Lipinski definition) is 5. The number of fused-ring (bicyclic) bond motifs is 1. The third-order valence-corrected chi connectivity index (χ3v) is 4.44. The van der Waals surface area contributed by atoms with E-state index in [1.807, 2.05) is 18.2 Å². The molecule has 5 heteroatoms. The lowest BCUT2D eigenvalue weighted by atomic mass is 9.74. The maximum Gasteiger partial charge on any atom is 0.163 e. The molecule has 2 aromatic rings. The zero-order valence-electron chi connectivity index (χ0n) is 13.2. The van der Waals surface area contributed by atoms with Crippen LogP contribution in [0.2, 0.25) is 0 Å². The zero-order valence-corrected chi connectivity index (χ0v) is 13.2. The molecule has 5 nitrogen and oxygen atoms in total. The van der Waals surface area contributed by atoms with Gasteiger partial charge in [0.25, 0.3) is 0 Å². The van der Waals surface area contributed by atoms with Gasteiger partial charge in [0.15, 0.2) is 5.78 Å². The Morgan fingerprint density at radius 1 is 1.26 bits per heavy atom. The molecule has 1 aliphatic carbocycles. The second-order valence-electron chi connectivity index (χ2n) is 6.97. The van der Waals surface area contributed by atoms with Crippen LogP contribution < -0.4 is 10.6 Å². The van der Waals surface area contributed by atoms with Crippen molar-refractivity contribution < 1.29 is 9.21 Å². The lowest BCUT2D eigenvalue weighted by Gasteiger charge is -2.33. The van der Waals surface area contributed by atoms with Gasteiger partial charge in [-0.2, -0.15) is 0 Å². The first-order chi connectivity index (χ1) is 11.0. The fourth-order valence-electron chi connectivity index (χ4n) is 3.46. The van der Waals surface area contributed by atoms with Crippen LogP contribution in [-0.4, -0.2) is 10.8 Å². The van der Waals surface area contributed by atoms with Gasteiger partial charge in [-0.1, -0.05) is 13.8 Å². The van der Waals surface area contributed by atoms with Crippen molar-refractivity contribution in [3.63, 3.8) is 0 Å². The van der Waals surface area contributed by atoms with Gasteiger partial charge in [-0.15, -0.1) is 0 Å². The summed E-state index contributed by atoms with van der Waals surface area (Å²) >= 11 is 0. The molecule has 0 saturated carbocycles. The fraction of sp³-hybridized carbons (Fsp3) is 0.333. The van der Waals surface area contributed by atoms with E-state index in [0.29, 0.717) is 6.42 Å². The maximum absolute atomic E-state index is 12.9. The molecule has 0 aromatic carbocycles. The molecule has 1 unspecified atom stereocenters. The Morgan fingerprint density at radius 3 is 2.91 bits per heavy atom. The normalized spacial score (nSPS) is 22.5. The van der Waals surface area contributed by atoms with E-state index in [0.717, 1.165) is 34.8 Å². The van der Waals surface area contributed by atoms with Gasteiger partial charge in [0, 0.05) is 23.9 Å². The van der Waals surface area contributed by atoms with Crippen LogP contribution in [0.15, 0.2) is 52.5 Å². The smallest absolute Gasteiger partial charge is 0.163 e. The van der Waals surface area contributed by atoms with Crippen molar-refractivity contribution >= 4 is 17.2 Å². The van der Waals surface area contributed by atoms with Crippen LogP contribution >= 0.6 is 0 Å². The predicted octanol–water partition coefficient (Wildman–Crippen LogP) is 3.90. The standard InChI is InChI=1S/C18H19N3O2/c1-18(2)8-12-16(14(22)9-18)17(15-4-3-7-23-15)21-11-5-6-19-10-13(11)20-12/h3-7,10,17,20-21H,8-9H2,1-2H3. The quantitative estimate of drug-likeness (QED) is 0.836. The van der Waals surface area contributed by atoms with Gasteiger partial charge in [-0.25, -0.2) is 0 Å². The molecular weight excluding hydrogens is 290 g/mol. The highest BCUT2D eigenvalue weighted by Crippen LogP contribution is 2.45. The molecule has 0 fully saturated rings. The minimum Gasteiger partial charge on any atom is -0.467 e. The minimum absolute atomic E-state index is 0.0522. The summed E-state index contributed by atoms with van der Waals surface area (Å²) in [5.41, 5.74) is 3.49. The van der Waals surface area contributed by atoms with Crippen molar-refractivity contribution in [1.29, 1.82) is 0 Å². The van der Waals surface area contributed by atoms with Gasteiger partial charge < -0.3 is 15.1 Å². The van der Waals surface area contributed by atoms with Crippen molar-refractivity contribution in [3.05, 3.63) is 53.9 Å². The number of hydrogen-bond donors (Lipinski definition) is 2. The molecule has 4 rings (SSSR count). The molecule has 0 radical (unpaired) electrons. The number of allylic oxidation sites excluding steroid dienone is 1. The van der Waals surface area contributed by atoms with Gasteiger partial charge >= 0.3 is 0 Å². The van der Waals surface area contributed by atoms with E-state index >= 15 is 0 Å². The monoisotopic (exact) mass is 309 g/mol. The summed E-state index contributed by atoms with van der Waals surface area (Å²) in [7, 11) is 0. The van der Waals surface area contributed by atoms with E-state index < -0.39 is 0 Å². The van der Waals surface area contributed by atoms with Crippen LogP contribution in [0, 0.1) is 5.41 Å². The predicted molar refractivity (Wildman–Crippen MR) is 88.0 cm³/mol. The molecule has 2 aliphatic rings. The number of carbonyl (C=O) groups excluding carboxylic acids is 1. The van der Waals surface area contributed by atoms with Gasteiger partial charge in [-0.3, -0.25) is 9.78 Å². The number of carbonyl (C=O) groups is 1. The first kappa shape index (κ1) is 14.1. The van der Waals surface area contributed by atoms with Crippen LogP contribution in [0.25, 0.3) is 0 Å². The highest BCUT2D eigenvalue weighted by atomic mass is 16.3. The largest absolute Gasteiger partial charge is 0.467 e. The Kier molecular flexibility index (Phi) is 3.04. The highest BCUT2D eigenvalue weighted by molar-refractivity contribution is 6.00. The summed E-state index contributed by atoms with van der Waals surface area (Å²) in [4.78, 5) is 17.0. The van der Waals surface area contributed by atoms with Gasteiger partial charge in [0.1, 0.15) is 11.8 Å². The van der Waals surface area contributed by atoms with E-state index in [9.17, 15) is 4.79 Å². The van der Waals surface area contributed by atoms with Crippen LogP contribution in [-0.2, 0) is 4.79 Å². The average Bonchev–Trinajstić information content (AvgIpc) is 2.95. The molecule has 3 heterocycles. The highest BCUT2D eigenvalue weighted by Gasteiger charge is 2.39. The van der Waals surface area contributed by atoms with Crippen LogP contribution in [0.5, 0.6) is 0 Å². The van der Waals surface area contributed by atoms with E-state index in [2.05, 4.69) is 29.5 Å². The second-order valence-corrected chi connectivity index (χ2v) is 6.97. The summed E-state index contributed by atoms with van der Waals surface area (Å²) in [5, 5.41) is 6.88. The van der Waals surface area contributed by atoms with Crippen molar-refractivity contribution in [2.75, 3.05) is 10.6 Å². The summed E-state index contributed by atoms with van der Waals surface area (Å²) in [6, 6.07) is 5.38. The van der Waals surface area contributed by atoms with Crippen molar-refractivity contribution in [3.8, 4) is 0 Å². The number of rotatable bonds is 1. The van der Waals surface area contributed by atoms with Gasteiger partial charge in [0.05, 0.1) is 23.8 Å². The van der Waals surface area contributed by atoms with Crippen molar-refractivity contribution in [1.82, 2.24) is 4.98 Å². The average molecular weight is 309 g/mol. The van der Waals surface area contributed by atoms with E-state index in [-0.39, 0.29) is 17.2 Å². The van der Waals surface area contributed by atoms with Crippen LogP contribution in [0.3, 0.4) is 0 Å². The van der Waals surface area contributed by atoms with E-state index in [1.165, 1.54) is 0 Å². The molecule has 1 atom stereocenters. The number of anilines is 2. The molecule has 0 saturated heterocycles.